The van der Waals surface area contributed by atoms with Crippen molar-refractivity contribution in [2.45, 2.75) is 57.3 Å². The number of hydrogen-bond acceptors (Lipinski definition) is 3. The molecule has 4 nitrogen and oxygen atoms in total. The van der Waals surface area contributed by atoms with E-state index in [1.165, 1.54) is 12.8 Å². The van der Waals surface area contributed by atoms with Crippen molar-refractivity contribution in [2.75, 3.05) is 0 Å². The van der Waals surface area contributed by atoms with Gasteiger partial charge in [0.2, 0.25) is 5.76 Å². The topological polar surface area (TPSA) is 63.3 Å². The van der Waals surface area contributed by atoms with Gasteiger partial charge < -0.3 is 9.52 Å². The smallest absolute Gasteiger partial charge is 0.373 e. The van der Waals surface area contributed by atoms with Crippen LogP contribution >= 0.6 is 0 Å². The summed E-state index contributed by atoms with van der Waals surface area (Å²) in [4.78, 5) is 15.7. The van der Waals surface area contributed by atoms with Gasteiger partial charge in [-0.1, -0.05) is 6.92 Å². The Bertz CT molecular complexity index is 454. The van der Waals surface area contributed by atoms with Crippen LogP contribution in [0.15, 0.2) is 4.42 Å². The van der Waals surface area contributed by atoms with E-state index < -0.39 is 5.97 Å². The molecule has 0 spiro atoms. The largest absolute Gasteiger partial charge is 0.475 e. The first-order valence-corrected chi connectivity index (χ1v) is 6.89. The molecule has 98 valence electrons. The summed E-state index contributed by atoms with van der Waals surface area (Å²) in [6.07, 6.45) is 6.63. The zero-order chi connectivity index (χ0) is 12.7. The molecule has 1 aromatic heterocycles. The van der Waals surface area contributed by atoms with Gasteiger partial charge in [0.05, 0.1) is 5.69 Å². The van der Waals surface area contributed by atoms with E-state index in [1.54, 1.807) is 0 Å². The highest BCUT2D eigenvalue weighted by molar-refractivity contribution is 5.86. The third-order valence-corrected chi connectivity index (χ3v) is 4.19. The second-order valence-corrected chi connectivity index (χ2v) is 5.80. The van der Waals surface area contributed by atoms with Gasteiger partial charge in [0.1, 0.15) is 0 Å². The maximum Gasteiger partial charge on any atom is 0.373 e. The number of carboxylic acid groups (broad SMARTS) is 1. The molecule has 0 atom stereocenters. The van der Waals surface area contributed by atoms with Crippen LogP contribution in [0.4, 0.5) is 0 Å². The Morgan fingerprint density at radius 1 is 1.17 bits per heavy atom. The number of nitrogens with zero attached hydrogens (tertiary/aromatic N) is 1. The van der Waals surface area contributed by atoms with Crippen LogP contribution in [0.2, 0.25) is 0 Å². The van der Waals surface area contributed by atoms with Crippen LogP contribution in [0.3, 0.4) is 0 Å². The Balaban J connectivity index is 1.84. The van der Waals surface area contributed by atoms with Crippen LogP contribution in [0.1, 0.15) is 79.4 Å². The molecule has 0 unspecified atom stereocenters. The molecule has 2 saturated carbocycles. The van der Waals surface area contributed by atoms with Crippen LogP contribution in [0.5, 0.6) is 0 Å². The summed E-state index contributed by atoms with van der Waals surface area (Å²) in [5.41, 5.74) is 0.691. The second-order valence-electron chi connectivity index (χ2n) is 5.80. The molecule has 2 fully saturated rings. The number of carboxylic acids is 1. The molecule has 0 aromatic carbocycles. The van der Waals surface area contributed by atoms with E-state index in [2.05, 4.69) is 11.9 Å². The second kappa shape index (κ2) is 4.41. The van der Waals surface area contributed by atoms with Gasteiger partial charge in [-0.05, 0) is 44.4 Å². The molecule has 4 heteroatoms. The minimum Gasteiger partial charge on any atom is -0.475 e. The van der Waals surface area contributed by atoms with E-state index in [4.69, 9.17) is 9.52 Å². The average molecular weight is 249 g/mol. The van der Waals surface area contributed by atoms with Gasteiger partial charge in [0.15, 0.2) is 5.89 Å². The summed E-state index contributed by atoms with van der Waals surface area (Å²) < 4.78 is 5.54. The average Bonchev–Trinajstić information content (AvgIpc) is 3.09. The van der Waals surface area contributed by atoms with Crippen molar-refractivity contribution >= 4 is 5.97 Å². The van der Waals surface area contributed by atoms with Crippen molar-refractivity contribution in [2.24, 2.45) is 5.92 Å². The van der Waals surface area contributed by atoms with Crippen LogP contribution in [-0.4, -0.2) is 16.1 Å². The maximum atomic E-state index is 11.2. The molecule has 0 aliphatic heterocycles. The molecule has 1 N–H and O–H groups in total. The molecule has 0 saturated heterocycles. The van der Waals surface area contributed by atoms with Gasteiger partial charge in [-0.2, -0.15) is 0 Å². The first-order valence-electron chi connectivity index (χ1n) is 6.89. The number of oxazole rings is 1. The molecule has 0 amide bonds. The van der Waals surface area contributed by atoms with Crippen LogP contribution in [0, 0.1) is 5.92 Å². The maximum absolute atomic E-state index is 11.2. The van der Waals surface area contributed by atoms with Gasteiger partial charge in [0, 0.05) is 11.8 Å². The van der Waals surface area contributed by atoms with Crippen molar-refractivity contribution in [3.05, 3.63) is 17.3 Å². The van der Waals surface area contributed by atoms with Gasteiger partial charge in [-0.15, -0.1) is 0 Å². The van der Waals surface area contributed by atoms with E-state index >= 15 is 0 Å². The first kappa shape index (κ1) is 11.8. The first-order chi connectivity index (χ1) is 8.65. The number of rotatable bonds is 3. The molecule has 0 bridgehead atoms. The van der Waals surface area contributed by atoms with Crippen molar-refractivity contribution in [1.82, 2.24) is 4.98 Å². The molecule has 2 aliphatic rings. The monoisotopic (exact) mass is 249 g/mol. The van der Waals surface area contributed by atoms with E-state index in [0.717, 1.165) is 31.6 Å². The number of hydrogen-bond donors (Lipinski definition) is 1. The zero-order valence-electron chi connectivity index (χ0n) is 10.7. The van der Waals surface area contributed by atoms with E-state index in [-0.39, 0.29) is 5.76 Å². The summed E-state index contributed by atoms with van der Waals surface area (Å²) >= 11 is 0. The standard InChI is InChI=1S/C14H19NO3/c1-8-2-4-10(5-3-8)13-15-11(9-6-7-9)12(18-13)14(16)17/h8-10H,2-7H2,1H3,(H,16,17). The highest BCUT2D eigenvalue weighted by Gasteiger charge is 2.35. The van der Waals surface area contributed by atoms with Gasteiger partial charge in [-0.3, -0.25) is 0 Å². The molecular formula is C14H19NO3. The van der Waals surface area contributed by atoms with Crippen molar-refractivity contribution in [3.63, 3.8) is 0 Å². The zero-order valence-corrected chi connectivity index (χ0v) is 10.7. The van der Waals surface area contributed by atoms with E-state index in [1.807, 2.05) is 0 Å². The van der Waals surface area contributed by atoms with E-state index in [0.29, 0.717) is 23.4 Å². The quantitative estimate of drug-likeness (QED) is 0.889. The molecule has 1 heterocycles. The lowest BCUT2D eigenvalue weighted by molar-refractivity contribution is 0.0657. The summed E-state index contributed by atoms with van der Waals surface area (Å²) in [6.45, 7) is 2.27. The lowest BCUT2D eigenvalue weighted by atomic mass is 9.83. The highest BCUT2D eigenvalue weighted by Crippen LogP contribution is 2.43. The number of carbonyl (C=O) groups is 1. The Labute approximate surface area is 106 Å². The Kier molecular flexibility index (Phi) is 2.88. The Hall–Kier alpha value is -1.32. The molecule has 3 rings (SSSR count). The summed E-state index contributed by atoms with van der Waals surface area (Å²) in [7, 11) is 0. The van der Waals surface area contributed by atoms with Gasteiger partial charge in [-0.25, -0.2) is 9.78 Å². The van der Waals surface area contributed by atoms with Crippen molar-refractivity contribution in [3.8, 4) is 0 Å². The summed E-state index contributed by atoms with van der Waals surface area (Å²) in [6, 6.07) is 0. The van der Waals surface area contributed by atoms with Crippen LogP contribution < -0.4 is 0 Å². The third-order valence-electron chi connectivity index (χ3n) is 4.19. The van der Waals surface area contributed by atoms with Gasteiger partial charge in [0.25, 0.3) is 0 Å². The normalized spacial score (nSPS) is 28.3. The fraction of sp³-hybridized carbons (Fsp3) is 0.714. The minimum absolute atomic E-state index is 0.0890. The molecular weight excluding hydrogens is 230 g/mol. The fourth-order valence-electron chi connectivity index (χ4n) is 2.82. The molecule has 2 aliphatic carbocycles. The SMILES string of the molecule is CC1CCC(c2nc(C3CC3)c(C(=O)O)o2)CC1. The Morgan fingerprint density at radius 2 is 1.78 bits per heavy atom. The van der Waals surface area contributed by atoms with Crippen molar-refractivity contribution in [1.29, 1.82) is 0 Å². The molecule has 18 heavy (non-hydrogen) atoms. The minimum atomic E-state index is -0.972. The number of aromatic nitrogens is 1. The summed E-state index contributed by atoms with van der Waals surface area (Å²) in [5, 5.41) is 9.16. The highest BCUT2D eigenvalue weighted by atomic mass is 16.4. The lowest BCUT2D eigenvalue weighted by Gasteiger charge is -2.23. The molecule has 1 aromatic rings. The third kappa shape index (κ3) is 2.16. The molecule has 0 radical (unpaired) electrons. The van der Waals surface area contributed by atoms with E-state index in [9.17, 15) is 4.79 Å². The van der Waals surface area contributed by atoms with Crippen LogP contribution in [-0.2, 0) is 0 Å². The predicted molar refractivity (Wildman–Crippen MR) is 65.8 cm³/mol. The van der Waals surface area contributed by atoms with Crippen molar-refractivity contribution < 1.29 is 14.3 Å². The van der Waals surface area contributed by atoms with Gasteiger partial charge >= 0.3 is 5.97 Å². The summed E-state index contributed by atoms with van der Waals surface area (Å²) in [5.74, 6) is 1.22. The fourth-order valence-corrected chi connectivity index (χ4v) is 2.82. The lowest BCUT2D eigenvalue weighted by Crippen LogP contribution is -2.11. The number of aromatic carboxylic acids is 1. The Morgan fingerprint density at radius 3 is 2.33 bits per heavy atom. The van der Waals surface area contributed by atoms with Crippen LogP contribution in [0.25, 0.3) is 0 Å². The predicted octanol–water partition coefficient (Wildman–Crippen LogP) is 3.54.